The van der Waals surface area contributed by atoms with Gasteiger partial charge in [0.2, 0.25) is 5.90 Å². The van der Waals surface area contributed by atoms with Crippen molar-refractivity contribution in [1.29, 1.82) is 0 Å². The number of ether oxygens (including phenoxy) is 1. The van der Waals surface area contributed by atoms with E-state index in [1.54, 1.807) is 0 Å². The Morgan fingerprint density at radius 1 is 1.25 bits per heavy atom. The van der Waals surface area contributed by atoms with Crippen LogP contribution in [0.15, 0.2) is 29.5 Å². The van der Waals surface area contributed by atoms with Gasteiger partial charge in [-0.05, 0) is 19.9 Å². The number of aliphatic imine (C=N–C) groups is 1. The summed E-state index contributed by atoms with van der Waals surface area (Å²) in [5, 5.41) is 6.47. The first kappa shape index (κ1) is 24.1. The number of hydrogen-bond donors (Lipinski definition) is 1. The van der Waals surface area contributed by atoms with E-state index in [0.29, 0.717) is 6.54 Å². The highest BCUT2D eigenvalue weighted by atomic mass is 35.5. The minimum atomic E-state index is -4.92. The van der Waals surface area contributed by atoms with Gasteiger partial charge in [-0.1, -0.05) is 29.1 Å². The van der Waals surface area contributed by atoms with Crippen LogP contribution in [0.2, 0.25) is 10.2 Å². The zero-order chi connectivity index (χ0) is 26.0. The molecular weight excluding hydrogens is 522 g/mol. The minimum Gasteiger partial charge on any atom is -0.468 e. The number of pyridine rings is 1. The highest BCUT2D eigenvalue weighted by Gasteiger charge is 2.63. The van der Waals surface area contributed by atoms with Crippen molar-refractivity contribution in [1.82, 2.24) is 19.6 Å². The Labute approximate surface area is 212 Å². The third-order valence-electron chi connectivity index (χ3n) is 5.77. The number of hydrogen-bond acceptors (Lipinski definition) is 6. The van der Waals surface area contributed by atoms with Crippen LogP contribution in [0.4, 0.5) is 29.3 Å². The number of halogens is 5. The normalized spacial score (nSPS) is 20.6. The maximum atomic E-state index is 14.3. The SMILES string of the molecule is C#C[C@@]1(C(F)(F)F)CN(C(=O)Nc2cnc(C3=NCC(C)(C)O3)c(Cl)c2)c2cnc3cc(Cl)nn3c21. The molecule has 0 aliphatic carbocycles. The van der Waals surface area contributed by atoms with Crippen molar-refractivity contribution < 1.29 is 22.7 Å². The van der Waals surface area contributed by atoms with Crippen molar-refractivity contribution in [2.45, 2.75) is 31.0 Å². The van der Waals surface area contributed by atoms with E-state index in [1.807, 2.05) is 19.8 Å². The summed E-state index contributed by atoms with van der Waals surface area (Å²) in [6.45, 7) is 3.24. The number of nitrogens with zero attached hydrogens (tertiary/aromatic N) is 6. The van der Waals surface area contributed by atoms with Gasteiger partial charge in [-0.25, -0.2) is 24.3 Å². The summed E-state index contributed by atoms with van der Waals surface area (Å²) >= 11 is 12.2. The molecule has 5 rings (SSSR count). The van der Waals surface area contributed by atoms with E-state index in [9.17, 15) is 18.0 Å². The molecule has 0 aromatic carbocycles. The summed E-state index contributed by atoms with van der Waals surface area (Å²) in [5.41, 5.74) is -3.49. The first-order valence-electron chi connectivity index (χ1n) is 10.4. The van der Waals surface area contributed by atoms with Crippen LogP contribution >= 0.6 is 23.2 Å². The Hall–Kier alpha value is -3.56. The van der Waals surface area contributed by atoms with Crippen molar-refractivity contribution in [2.24, 2.45) is 4.99 Å². The quantitative estimate of drug-likeness (QED) is 0.486. The molecule has 36 heavy (non-hydrogen) atoms. The van der Waals surface area contributed by atoms with Gasteiger partial charge in [0, 0.05) is 6.07 Å². The number of anilines is 2. The lowest BCUT2D eigenvalue weighted by Crippen LogP contribution is -2.47. The number of amides is 2. The molecule has 3 aromatic heterocycles. The molecule has 186 valence electrons. The number of alkyl halides is 3. The van der Waals surface area contributed by atoms with Gasteiger partial charge in [0.15, 0.2) is 16.2 Å². The standard InChI is InChI=1S/C22H16Cl2F3N7O2/c1-4-21(22(25,26)27)10-33(13-8-28-15-6-14(24)32-34(15)17(13)21)19(35)31-11-5-12(23)16(29-7-11)18-30-9-20(2,3)36-18/h1,5-8H,9-10H2,2-3H3,(H,31,35)/t21-/m1/s1. The number of nitrogens with one attached hydrogen (secondary N) is 1. The summed E-state index contributed by atoms with van der Waals surface area (Å²) in [4.78, 5) is 26.6. The summed E-state index contributed by atoms with van der Waals surface area (Å²) in [5.74, 6) is 2.10. The van der Waals surface area contributed by atoms with Crippen LogP contribution in [0.3, 0.4) is 0 Å². The topological polar surface area (TPSA) is 97.0 Å². The zero-order valence-electron chi connectivity index (χ0n) is 18.7. The molecule has 0 spiro atoms. The lowest BCUT2D eigenvalue weighted by Gasteiger charge is -2.27. The monoisotopic (exact) mass is 537 g/mol. The number of carbonyl (C=O) groups is 1. The molecule has 14 heteroatoms. The fraction of sp³-hybridized carbons (Fsp3) is 0.318. The van der Waals surface area contributed by atoms with Gasteiger partial charge in [-0.3, -0.25) is 4.90 Å². The Balaban J connectivity index is 1.49. The highest BCUT2D eigenvalue weighted by molar-refractivity contribution is 6.34. The molecule has 2 aliphatic heterocycles. The van der Waals surface area contributed by atoms with E-state index >= 15 is 0 Å². The Kier molecular flexibility index (Phi) is 5.35. The molecular formula is C22H16Cl2F3N7O2. The fourth-order valence-corrected chi connectivity index (χ4v) is 4.48. The van der Waals surface area contributed by atoms with Gasteiger partial charge in [-0.2, -0.15) is 18.3 Å². The number of urea groups is 1. The zero-order valence-corrected chi connectivity index (χ0v) is 20.2. The molecule has 3 aromatic rings. The summed E-state index contributed by atoms with van der Waals surface area (Å²) in [7, 11) is 0. The number of aromatic nitrogens is 4. The third kappa shape index (κ3) is 3.70. The second-order valence-corrected chi connectivity index (χ2v) is 9.62. The Morgan fingerprint density at radius 3 is 2.61 bits per heavy atom. The number of fused-ring (bicyclic) bond motifs is 3. The van der Waals surface area contributed by atoms with Crippen molar-refractivity contribution in [3.8, 4) is 12.3 Å². The van der Waals surface area contributed by atoms with Crippen LogP contribution < -0.4 is 10.2 Å². The Bertz CT molecular complexity index is 1500. The first-order valence-corrected chi connectivity index (χ1v) is 11.2. The van der Waals surface area contributed by atoms with E-state index < -0.39 is 35.5 Å². The second-order valence-electron chi connectivity index (χ2n) is 8.83. The van der Waals surface area contributed by atoms with Gasteiger partial charge in [0.25, 0.3) is 0 Å². The average molecular weight is 538 g/mol. The molecule has 0 saturated heterocycles. The molecule has 2 aliphatic rings. The van der Waals surface area contributed by atoms with Crippen LogP contribution in [0.5, 0.6) is 0 Å². The van der Waals surface area contributed by atoms with E-state index in [-0.39, 0.29) is 38.8 Å². The molecule has 0 bridgehead atoms. The molecule has 9 nitrogen and oxygen atoms in total. The Morgan fingerprint density at radius 2 is 2.00 bits per heavy atom. The van der Waals surface area contributed by atoms with E-state index in [0.717, 1.165) is 15.6 Å². The largest absolute Gasteiger partial charge is 0.468 e. The van der Waals surface area contributed by atoms with Crippen LogP contribution in [0.1, 0.15) is 25.2 Å². The van der Waals surface area contributed by atoms with Crippen LogP contribution in [0, 0.1) is 12.3 Å². The number of rotatable bonds is 2. The predicted octanol–water partition coefficient (Wildman–Crippen LogP) is 4.47. The van der Waals surface area contributed by atoms with Gasteiger partial charge < -0.3 is 10.1 Å². The van der Waals surface area contributed by atoms with Crippen molar-refractivity contribution in [3.63, 3.8) is 0 Å². The molecule has 0 saturated carbocycles. The van der Waals surface area contributed by atoms with Gasteiger partial charge >= 0.3 is 12.2 Å². The van der Waals surface area contributed by atoms with E-state index in [2.05, 4.69) is 25.4 Å². The summed E-state index contributed by atoms with van der Waals surface area (Å²) in [6.07, 6.45) is 2.92. The number of carbonyl (C=O) groups excluding carboxylic acids is 1. The van der Waals surface area contributed by atoms with E-state index in [4.69, 9.17) is 34.4 Å². The molecule has 5 heterocycles. The molecule has 2 amide bonds. The first-order chi connectivity index (χ1) is 16.8. The smallest absolute Gasteiger partial charge is 0.412 e. The summed E-state index contributed by atoms with van der Waals surface area (Å²) in [6, 6.07) is 1.78. The molecule has 0 unspecified atom stereocenters. The van der Waals surface area contributed by atoms with E-state index in [1.165, 1.54) is 18.3 Å². The lowest BCUT2D eigenvalue weighted by atomic mass is 9.86. The molecule has 1 atom stereocenters. The average Bonchev–Trinajstić information content (AvgIpc) is 3.45. The second kappa shape index (κ2) is 7.97. The maximum absolute atomic E-state index is 14.3. The molecule has 0 radical (unpaired) electrons. The number of terminal acetylenes is 1. The van der Waals surface area contributed by atoms with Gasteiger partial charge in [0.05, 0.1) is 47.6 Å². The van der Waals surface area contributed by atoms with Crippen LogP contribution in [0.25, 0.3) is 5.65 Å². The molecule has 1 N–H and O–H groups in total. The third-order valence-corrected chi connectivity index (χ3v) is 6.24. The van der Waals surface area contributed by atoms with Gasteiger partial charge in [-0.15, -0.1) is 6.42 Å². The fourth-order valence-electron chi connectivity index (χ4n) is 4.06. The minimum absolute atomic E-state index is 0.0525. The van der Waals surface area contributed by atoms with Crippen LogP contribution in [-0.2, 0) is 10.2 Å². The lowest BCUT2D eigenvalue weighted by molar-refractivity contribution is -0.169. The van der Waals surface area contributed by atoms with Crippen LogP contribution in [-0.4, -0.2) is 56.4 Å². The maximum Gasteiger partial charge on any atom is 0.412 e. The van der Waals surface area contributed by atoms with Crippen molar-refractivity contribution in [2.75, 3.05) is 23.3 Å². The van der Waals surface area contributed by atoms with Gasteiger partial charge in [0.1, 0.15) is 11.3 Å². The molecule has 0 fully saturated rings. The van der Waals surface area contributed by atoms with Crippen molar-refractivity contribution >= 4 is 52.2 Å². The highest BCUT2D eigenvalue weighted by Crippen LogP contribution is 2.50. The summed E-state index contributed by atoms with van der Waals surface area (Å²) < 4.78 is 49.7. The predicted molar refractivity (Wildman–Crippen MR) is 127 cm³/mol. The van der Waals surface area contributed by atoms with Crippen molar-refractivity contribution in [3.05, 3.63) is 46.1 Å².